The standard InChI is InChI=1S/C21H23ClN2O6/c1-13(2)23-21(27)24-19(25)12-30-20(26)15-6-9-17(18(10-15)28-3)29-11-14-4-7-16(22)8-5-14/h4-10,13H,11-12H2,1-3H3,(H2,23,24,25,27). The van der Waals surface area contributed by atoms with Gasteiger partial charge in [-0.15, -0.1) is 0 Å². The fourth-order valence-corrected chi connectivity index (χ4v) is 2.46. The van der Waals surface area contributed by atoms with E-state index in [1.165, 1.54) is 19.2 Å². The highest BCUT2D eigenvalue weighted by atomic mass is 35.5. The maximum absolute atomic E-state index is 12.2. The van der Waals surface area contributed by atoms with Crippen molar-refractivity contribution < 1.29 is 28.6 Å². The number of methoxy groups -OCH3 is 1. The molecule has 0 aliphatic rings. The molecule has 0 unspecified atom stereocenters. The molecule has 160 valence electrons. The van der Waals surface area contributed by atoms with E-state index < -0.39 is 24.5 Å². The van der Waals surface area contributed by atoms with E-state index in [1.807, 2.05) is 12.1 Å². The van der Waals surface area contributed by atoms with Crippen molar-refractivity contribution in [1.82, 2.24) is 10.6 Å². The largest absolute Gasteiger partial charge is 0.493 e. The minimum atomic E-state index is -0.739. The van der Waals surface area contributed by atoms with Crippen molar-refractivity contribution in [3.63, 3.8) is 0 Å². The Labute approximate surface area is 179 Å². The van der Waals surface area contributed by atoms with Crippen molar-refractivity contribution in [2.24, 2.45) is 0 Å². The first-order chi connectivity index (χ1) is 14.3. The molecule has 0 atom stereocenters. The molecule has 8 nitrogen and oxygen atoms in total. The molecule has 0 fully saturated rings. The Bertz CT molecular complexity index is 899. The predicted octanol–water partition coefficient (Wildman–Crippen LogP) is 3.32. The molecule has 2 aromatic rings. The second-order valence-corrected chi connectivity index (χ2v) is 6.97. The SMILES string of the molecule is COc1cc(C(=O)OCC(=O)NC(=O)NC(C)C)ccc1OCc1ccc(Cl)cc1. The molecule has 2 N–H and O–H groups in total. The van der Waals surface area contributed by atoms with Gasteiger partial charge in [-0.3, -0.25) is 10.1 Å². The number of hydrogen-bond acceptors (Lipinski definition) is 6. The third kappa shape index (κ3) is 7.29. The predicted molar refractivity (Wildman–Crippen MR) is 111 cm³/mol. The molecule has 0 radical (unpaired) electrons. The summed E-state index contributed by atoms with van der Waals surface area (Å²) in [4.78, 5) is 35.3. The van der Waals surface area contributed by atoms with Crippen LogP contribution in [-0.4, -0.2) is 37.7 Å². The Hall–Kier alpha value is -3.26. The van der Waals surface area contributed by atoms with E-state index in [4.69, 9.17) is 25.8 Å². The molecule has 0 aromatic heterocycles. The maximum Gasteiger partial charge on any atom is 0.338 e. The number of carbonyl (C=O) groups is 3. The Kier molecular flexibility index (Phi) is 8.49. The van der Waals surface area contributed by atoms with Crippen LogP contribution in [0, 0.1) is 0 Å². The number of benzene rings is 2. The van der Waals surface area contributed by atoms with Gasteiger partial charge in [0.05, 0.1) is 12.7 Å². The van der Waals surface area contributed by atoms with Gasteiger partial charge >= 0.3 is 12.0 Å². The summed E-state index contributed by atoms with van der Waals surface area (Å²) in [6.45, 7) is 3.19. The van der Waals surface area contributed by atoms with Crippen LogP contribution in [-0.2, 0) is 16.1 Å². The first-order valence-corrected chi connectivity index (χ1v) is 9.49. The molecule has 0 saturated carbocycles. The minimum absolute atomic E-state index is 0.131. The van der Waals surface area contributed by atoms with E-state index >= 15 is 0 Å². The van der Waals surface area contributed by atoms with Crippen LogP contribution >= 0.6 is 11.6 Å². The summed E-state index contributed by atoms with van der Waals surface area (Å²) in [5, 5.41) is 5.19. The Morgan fingerprint density at radius 1 is 1.03 bits per heavy atom. The molecule has 0 aliphatic carbocycles. The van der Waals surface area contributed by atoms with Crippen LogP contribution in [0.15, 0.2) is 42.5 Å². The molecule has 2 aromatic carbocycles. The summed E-state index contributed by atoms with van der Waals surface area (Å²) in [6.07, 6.45) is 0. The van der Waals surface area contributed by atoms with E-state index in [0.29, 0.717) is 16.5 Å². The van der Waals surface area contributed by atoms with E-state index in [-0.39, 0.29) is 18.2 Å². The summed E-state index contributed by atoms with van der Waals surface area (Å²) in [5.41, 5.74) is 1.09. The lowest BCUT2D eigenvalue weighted by atomic mass is 10.2. The molecule has 0 aliphatic heterocycles. The average Bonchev–Trinajstić information content (AvgIpc) is 2.70. The van der Waals surface area contributed by atoms with Crippen LogP contribution < -0.4 is 20.1 Å². The second-order valence-electron chi connectivity index (χ2n) is 6.53. The smallest absolute Gasteiger partial charge is 0.338 e. The molecule has 2 rings (SSSR count). The molecule has 0 saturated heterocycles. The molecular formula is C21H23ClN2O6. The number of amides is 3. The molecule has 0 spiro atoms. The Morgan fingerprint density at radius 2 is 1.73 bits per heavy atom. The fourth-order valence-electron chi connectivity index (χ4n) is 2.33. The third-order valence-corrected chi connectivity index (χ3v) is 3.97. The number of esters is 1. The number of imide groups is 1. The molecular weight excluding hydrogens is 412 g/mol. The van der Waals surface area contributed by atoms with Gasteiger partial charge < -0.3 is 19.5 Å². The average molecular weight is 435 g/mol. The number of rotatable bonds is 8. The number of ether oxygens (including phenoxy) is 3. The van der Waals surface area contributed by atoms with Crippen LogP contribution in [0.25, 0.3) is 0 Å². The number of carbonyl (C=O) groups excluding carboxylic acids is 3. The lowest BCUT2D eigenvalue weighted by molar-refractivity contribution is -0.123. The summed E-state index contributed by atoms with van der Waals surface area (Å²) < 4.78 is 15.9. The van der Waals surface area contributed by atoms with Crippen LogP contribution in [0.3, 0.4) is 0 Å². The van der Waals surface area contributed by atoms with Crippen molar-refractivity contribution in [3.05, 3.63) is 58.6 Å². The van der Waals surface area contributed by atoms with Gasteiger partial charge in [0.25, 0.3) is 5.91 Å². The van der Waals surface area contributed by atoms with Gasteiger partial charge in [-0.1, -0.05) is 23.7 Å². The van der Waals surface area contributed by atoms with Gasteiger partial charge in [-0.2, -0.15) is 0 Å². The normalized spacial score (nSPS) is 10.3. The van der Waals surface area contributed by atoms with Gasteiger partial charge in [-0.05, 0) is 49.7 Å². The lowest BCUT2D eigenvalue weighted by Gasteiger charge is -2.12. The zero-order chi connectivity index (χ0) is 22.1. The van der Waals surface area contributed by atoms with Crippen molar-refractivity contribution in [1.29, 1.82) is 0 Å². The highest BCUT2D eigenvalue weighted by molar-refractivity contribution is 6.30. The van der Waals surface area contributed by atoms with Crippen LogP contribution in [0.5, 0.6) is 11.5 Å². The second kappa shape index (κ2) is 11.1. The quantitative estimate of drug-likeness (QED) is 0.618. The number of nitrogens with one attached hydrogen (secondary N) is 2. The topological polar surface area (TPSA) is 103 Å². The first kappa shape index (κ1) is 23.0. The molecule has 0 heterocycles. The Morgan fingerprint density at radius 3 is 2.37 bits per heavy atom. The Balaban J connectivity index is 1.92. The monoisotopic (exact) mass is 434 g/mol. The molecule has 9 heteroatoms. The van der Waals surface area contributed by atoms with E-state index in [2.05, 4.69) is 10.6 Å². The van der Waals surface area contributed by atoms with E-state index in [9.17, 15) is 14.4 Å². The fraction of sp³-hybridized carbons (Fsp3) is 0.286. The van der Waals surface area contributed by atoms with Crippen LogP contribution in [0.1, 0.15) is 29.8 Å². The summed E-state index contributed by atoms with van der Waals surface area (Å²) in [7, 11) is 1.44. The zero-order valence-corrected chi connectivity index (χ0v) is 17.6. The molecule has 3 amide bonds. The first-order valence-electron chi connectivity index (χ1n) is 9.11. The lowest BCUT2D eigenvalue weighted by Crippen LogP contribution is -2.44. The maximum atomic E-state index is 12.2. The van der Waals surface area contributed by atoms with Crippen molar-refractivity contribution in [2.75, 3.05) is 13.7 Å². The highest BCUT2D eigenvalue weighted by Crippen LogP contribution is 2.29. The van der Waals surface area contributed by atoms with Crippen LogP contribution in [0.4, 0.5) is 4.79 Å². The van der Waals surface area contributed by atoms with Gasteiger partial charge in [0.15, 0.2) is 18.1 Å². The molecule has 0 bridgehead atoms. The van der Waals surface area contributed by atoms with Gasteiger partial charge in [0.2, 0.25) is 0 Å². The van der Waals surface area contributed by atoms with Crippen molar-refractivity contribution in [2.45, 2.75) is 26.5 Å². The van der Waals surface area contributed by atoms with Crippen molar-refractivity contribution >= 4 is 29.5 Å². The number of halogens is 1. The number of urea groups is 1. The summed E-state index contributed by atoms with van der Waals surface area (Å²) in [6, 6.07) is 10.9. The molecule has 30 heavy (non-hydrogen) atoms. The van der Waals surface area contributed by atoms with Gasteiger partial charge in [-0.25, -0.2) is 9.59 Å². The summed E-state index contributed by atoms with van der Waals surface area (Å²) >= 11 is 5.86. The van der Waals surface area contributed by atoms with E-state index in [1.54, 1.807) is 32.0 Å². The minimum Gasteiger partial charge on any atom is -0.493 e. The zero-order valence-electron chi connectivity index (χ0n) is 16.9. The van der Waals surface area contributed by atoms with E-state index in [0.717, 1.165) is 5.56 Å². The number of hydrogen-bond donors (Lipinski definition) is 2. The van der Waals surface area contributed by atoms with Gasteiger partial charge in [0, 0.05) is 11.1 Å². The van der Waals surface area contributed by atoms with Gasteiger partial charge in [0.1, 0.15) is 6.61 Å². The van der Waals surface area contributed by atoms with Crippen LogP contribution in [0.2, 0.25) is 5.02 Å². The van der Waals surface area contributed by atoms with Crippen molar-refractivity contribution in [3.8, 4) is 11.5 Å². The third-order valence-electron chi connectivity index (χ3n) is 3.71. The summed E-state index contributed by atoms with van der Waals surface area (Å²) in [5.74, 6) is -0.709. The highest BCUT2D eigenvalue weighted by Gasteiger charge is 2.15.